The molecule has 17 heteroatoms. The van der Waals surface area contributed by atoms with Crippen LogP contribution < -0.4 is 10.3 Å². The van der Waals surface area contributed by atoms with Crippen LogP contribution in [-0.2, 0) is 16.4 Å². The van der Waals surface area contributed by atoms with Gasteiger partial charge in [0, 0.05) is 32.6 Å². The third kappa shape index (κ3) is 7.96. The minimum Gasteiger partial charge on any atom is -0.493 e. The lowest BCUT2D eigenvalue weighted by Gasteiger charge is -2.33. The molecule has 40 heavy (non-hydrogen) atoms. The minimum absolute atomic E-state index is 0. The summed E-state index contributed by atoms with van der Waals surface area (Å²) in [5, 5.41) is 4.65. The number of likely N-dealkylation sites (N-methyl/N-ethyl adjacent to an activating group) is 1. The Morgan fingerprint density at radius 2 is 1.62 bits per heavy atom. The Morgan fingerprint density at radius 3 is 2.17 bits per heavy atom. The van der Waals surface area contributed by atoms with Gasteiger partial charge in [-0.2, -0.15) is 4.31 Å². The molecule has 0 amide bonds. The number of hydrogen-bond acceptors (Lipinski definition) is 7. The van der Waals surface area contributed by atoms with Gasteiger partial charge in [0.05, 0.1) is 22.8 Å². The number of aromatic nitrogens is 4. The van der Waals surface area contributed by atoms with E-state index in [4.69, 9.17) is 4.74 Å². The van der Waals surface area contributed by atoms with Gasteiger partial charge >= 0.3 is 0 Å². The van der Waals surface area contributed by atoms with Crippen molar-refractivity contribution in [2.45, 2.75) is 45.4 Å². The van der Waals surface area contributed by atoms with E-state index in [-0.39, 0.29) is 56.1 Å². The first-order valence-electron chi connectivity index (χ1n) is 11.8. The molecule has 4 rings (SSSR count). The van der Waals surface area contributed by atoms with E-state index in [9.17, 15) is 13.2 Å². The van der Waals surface area contributed by atoms with E-state index in [1.165, 1.54) is 4.31 Å². The van der Waals surface area contributed by atoms with Crippen LogP contribution in [0.2, 0.25) is 0 Å². The van der Waals surface area contributed by atoms with Gasteiger partial charge in [0.15, 0.2) is 11.3 Å². The number of benzene rings is 1. The Labute approximate surface area is 239 Å². The zero-order chi connectivity index (χ0) is 24.5. The number of imidazole rings is 1. The fourth-order valence-electron chi connectivity index (χ4n) is 4.31. The summed E-state index contributed by atoms with van der Waals surface area (Å²) in [6, 6.07) is 4.72. The molecule has 1 aliphatic rings. The van der Waals surface area contributed by atoms with Gasteiger partial charge in [0.1, 0.15) is 11.6 Å². The average molecular weight is 615 g/mol. The van der Waals surface area contributed by atoms with E-state index in [0.29, 0.717) is 67.6 Å². The molecular weight excluding hydrogens is 572 g/mol. The zero-order valence-corrected chi connectivity index (χ0v) is 24.7. The molecule has 0 radical (unpaired) electrons. The molecular formula is C23H43ClN6O9S. The molecule has 0 saturated carbocycles. The second-order valence-corrected chi connectivity index (χ2v) is 10.3. The van der Waals surface area contributed by atoms with Crippen molar-refractivity contribution in [3.05, 3.63) is 40.1 Å². The molecule has 1 aliphatic heterocycles. The third-order valence-corrected chi connectivity index (χ3v) is 8.03. The number of ether oxygens (including phenoxy) is 1. The Kier molecular flexibility index (Phi) is 18.0. The van der Waals surface area contributed by atoms with Gasteiger partial charge in [-0.05, 0) is 45.0 Å². The Morgan fingerprint density at radius 1 is 1.00 bits per heavy atom. The number of sulfonamides is 1. The molecule has 15 nitrogen and oxygen atoms in total. The van der Waals surface area contributed by atoms with Crippen molar-refractivity contribution in [2.75, 3.05) is 39.3 Å². The molecule has 0 aliphatic carbocycles. The van der Waals surface area contributed by atoms with Crippen molar-refractivity contribution < 1.29 is 40.5 Å². The maximum Gasteiger partial charge on any atom is 0.277 e. The largest absolute Gasteiger partial charge is 0.493 e. The molecule has 2 aromatic heterocycles. The number of hydrogen-bond donors (Lipinski definition) is 1. The predicted octanol–water partition coefficient (Wildman–Crippen LogP) is -1.63. The van der Waals surface area contributed by atoms with Crippen LogP contribution in [0.15, 0.2) is 27.9 Å². The molecule has 1 aromatic carbocycles. The number of halogens is 1. The number of rotatable bonds is 8. The van der Waals surface area contributed by atoms with Crippen molar-refractivity contribution in [3.8, 4) is 17.1 Å². The van der Waals surface area contributed by atoms with Gasteiger partial charge in [-0.3, -0.25) is 4.79 Å². The van der Waals surface area contributed by atoms with Gasteiger partial charge in [-0.25, -0.2) is 17.9 Å². The molecule has 232 valence electrons. The van der Waals surface area contributed by atoms with E-state index >= 15 is 0 Å². The summed E-state index contributed by atoms with van der Waals surface area (Å²) in [5.41, 5.74) is 1.09. The molecule has 0 atom stereocenters. The molecule has 0 spiro atoms. The summed E-state index contributed by atoms with van der Waals surface area (Å²) in [4.78, 5) is 22.6. The summed E-state index contributed by atoms with van der Waals surface area (Å²) in [6.07, 6.45) is 1.52. The lowest BCUT2D eigenvalue weighted by Crippen LogP contribution is -2.48. The van der Waals surface area contributed by atoms with E-state index in [0.717, 1.165) is 13.0 Å². The summed E-state index contributed by atoms with van der Waals surface area (Å²) in [7, 11) is -3.71. The van der Waals surface area contributed by atoms with Gasteiger partial charge in [0.2, 0.25) is 10.0 Å². The number of H-pyrrole nitrogens is 1. The fourth-order valence-corrected chi connectivity index (χ4v) is 5.76. The van der Waals surface area contributed by atoms with Crippen molar-refractivity contribution in [1.82, 2.24) is 28.8 Å². The summed E-state index contributed by atoms with van der Waals surface area (Å²) >= 11 is 0. The first-order chi connectivity index (χ1) is 16.3. The normalized spacial score (nSPS) is 13.4. The van der Waals surface area contributed by atoms with Gasteiger partial charge in [0.25, 0.3) is 5.56 Å². The second-order valence-electron chi connectivity index (χ2n) is 8.36. The monoisotopic (exact) mass is 614 g/mol. The highest BCUT2D eigenvalue weighted by Crippen LogP contribution is 2.31. The number of piperazine rings is 1. The summed E-state index contributed by atoms with van der Waals surface area (Å²) < 4.78 is 35.7. The van der Waals surface area contributed by atoms with Crippen LogP contribution in [0.4, 0.5) is 0 Å². The van der Waals surface area contributed by atoms with Crippen LogP contribution in [0.1, 0.15) is 38.7 Å². The van der Waals surface area contributed by atoms with Crippen LogP contribution in [0.25, 0.3) is 16.9 Å². The highest BCUT2D eigenvalue weighted by Gasteiger charge is 2.29. The highest BCUT2D eigenvalue weighted by molar-refractivity contribution is 7.89. The van der Waals surface area contributed by atoms with Crippen LogP contribution in [0, 0.1) is 6.92 Å². The highest BCUT2D eigenvalue weighted by atomic mass is 35.5. The molecule has 0 unspecified atom stereocenters. The number of nitrogens with zero attached hydrogens (tertiary/aromatic N) is 5. The maximum absolute atomic E-state index is 13.4. The summed E-state index contributed by atoms with van der Waals surface area (Å²) in [5.74, 6) is 1.38. The topological polar surface area (TPSA) is 270 Å². The fraction of sp³-hybridized carbons (Fsp3) is 0.522. The van der Waals surface area contributed by atoms with Gasteiger partial charge in [-0.1, -0.05) is 13.8 Å². The minimum atomic E-state index is -3.71. The maximum atomic E-state index is 13.4. The zero-order valence-electron chi connectivity index (χ0n) is 23.1. The Balaban J connectivity index is -0.00000228. The lowest BCUT2D eigenvalue weighted by molar-refractivity contribution is 0.196. The predicted molar refractivity (Wildman–Crippen MR) is 155 cm³/mol. The standard InChI is InChI=1S/C23H32N6O4S.ClH.5H2O/c1-5-8-20-24-16(4)21-23(30)25-22(26-29(20)21)18-15-17(9-10-19(18)33-7-3)34(31,32)28-13-11-27(6-2)12-14-28;;;;;;/h9-10,15H,5-8,11-14H2,1-4H3,(H,25,26,30);1H;5*1H2. The lowest BCUT2D eigenvalue weighted by atomic mass is 10.2. The first kappa shape index (κ1) is 41.8. The SMILES string of the molecule is CCCc1nc(C)c2c(=O)[nH]c(-c3cc(S(=O)(=O)N4CCN(CC)CC4)ccc3OCC)nn12.Cl.O.O.O.O.O. The smallest absolute Gasteiger partial charge is 0.277 e. The number of fused-ring (bicyclic) bond motifs is 1. The number of nitrogens with one attached hydrogen (secondary N) is 1. The van der Waals surface area contributed by atoms with Crippen molar-refractivity contribution in [2.24, 2.45) is 0 Å². The molecule has 3 aromatic rings. The molecule has 11 N–H and O–H groups in total. The quantitative estimate of drug-likeness (QED) is 0.309. The van der Waals surface area contributed by atoms with Crippen molar-refractivity contribution >= 4 is 27.9 Å². The van der Waals surface area contributed by atoms with E-state index < -0.39 is 10.0 Å². The number of aryl methyl sites for hydroxylation is 2. The Hall–Kier alpha value is -2.67. The van der Waals surface area contributed by atoms with Crippen molar-refractivity contribution in [1.29, 1.82) is 0 Å². The van der Waals surface area contributed by atoms with Crippen LogP contribution in [0.3, 0.4) is 0 Å². The first-order valence-corrected chi connectivity index (χ1v) is 13.2. The van der Waals surface area contributed by atoms with Gasteiger partial charge in [-0.15, -0.1) is 17.5 Å². The molecule has 1 fully saturated rings. The van der Waals surface area contributed by atoms with E-state index in [2.05, 4.69) is 26.9 Å². The third-order valence-electron chi connectivity index (χ3n) is 6.14. The summed E-state index contributed by atoms with van der Waals surface area (Å²) in [6.45, 7) is 11.3. The second kappa shape index (κ2) is 17.2. The molecule has 3 heterocycles. The molecule has 1 saturated heterocycles. The van der Waals surface area contributed by atoms with Crippen LogP contribution in [0.5, 0.6) is 5.75 Å². The van der Waals surface area contributed by atoms with Gasteiger partial charge < -0.3 is 42.0 Å². The van der Waals surface area contributed by atoms with Crippen LogP contribution >= 0.6 is 12.4 Å². The average Bonchev–Trinajstić information content (AvgIpc) is 3.15. The van der Waals surface area contributed by atoms with E-state index in [1.54, 1.807) is 29.6 Å². The van der Waals surface area contributed by atoms with Crippen LogP contribution in [-0.4, -0.2) is 104 Å². The van der Waals surface area contributed by atoms with E-state index in [1.807, 2.05) is 13.8 Å². The Bertz CT molecular complexity index is 1360. The molecule has 0 bridgehead atoms. The van der Waals surface area contributed by atoms with Crippen molar-refractivity contribution in [3.63, 3.8) is 0 Å². The number of aromatic amines is 1.